The molecule has 0 spiro atoms. The number of anilines is 1. The fraction of sp³-hybridized carbons (Fsp3) is 0.304. The molecule has 0 N–H and O–H groups in total. The monoisotopic (exact) mass is 421 g/mol. The van der Waals surface area contributed by atoms with Crippen molar-refractivity contribution in [2.24, 2.45) is 0 Å². The van der Waals surface area contributed by atoms with E-state index < -0.39 is 30.1 Å². The number of rotatable bonds is 4. The number of hydrogen-bond donors (Lipinski definition) is 0. The van der Waals surface area contributed by atoms with Crippen LogP contribution in [0.15, 0.2) is 42.5 Å². The summed E-state index contributed by atoms with van der Waals surface area (Å²) in [6, 6.07) is 11.9. The summed E-state index contributed by atoms with van der Waals surface area (Å²) in [5.74, 6) is -2.09. The largest absolute Gasteiger partial charge is 0.458 e. The molecular weight excluding hydrogens is 401 g/mol. The molecule has 7 nitrogen and oxygen atoms in total. The molecule has 4 rings (SSSR count). The average Bonchev–Trinajstić information content (AvgIpc) is 3.11. The molecule has 0 aliphatic carbocycles. The second-order valence-corrected chi connectivity index (χ2v) is 7.83. The second-order valence-electron chi connectivity index (χ2n) is 7.83. The maximum absolute atomic E-state index is 14.2. The Hall–Kier alpha value is -3.73. The molecule has 1 fully saturated rings. The highest BCUT2D eigenvalue weighted by Gasteiger charge is 2.62. The Bertz CT molecular complexity index is 1140. The van der Waals surface area contributed by atoms with Crippen LogP contribution in [0.3, 0.4) is 0 Å². The van der Waals surface area contributed by atoms with E-state index in [9.17, 15) is 18.8 Å². The van der Waals surface area contributed by atoms with Crippen LogP contribution in [0, 0.1) is 17.1 Å². The van der Waals surface area contributed by atoms with Gasteiger partial charge in [-0.25, -0.2) is 9.18 Å². The summed E-state index contributed by atoms with van der Waals surface area (Å²) in [6.45, 7) is 3.10. The average molecular weight is 421 g/mol. The molecule has 31 heavy (non-hydrogen) atoms. The molecule has 2 heterocycles. The van der Waals surface area contributed by atoms with Crippen molar-refractivity contribution in [1.29, 1.82) is 5.26 Å². The third-order valence-corrected chi connectivity index (χ3v) is 5.68. The van der Waals surface area contributed by atoms with E-state index in [0.29, 0.717) is 11.3 Å². The van der Waals surface area contributed by atoms with E-state index in [4.69, 9.17) is 10.00 Å². The van der Waals surface area contributed by atoms with Gasteiger partial charge in [0, 0.05) is 24.4 Å². The third kappa shape index (κ3) is 3.05. The van der Waals surface area contributed by atoms with Gasteiger partial charge in [-0.05, 0) is 44.2 Å². The molecule has 2 aromatic rings. The Labute approximate surface area is 178 Å². The van der Waals surface area contributed by atoms with Crippen LogP contribution in [-0.2, 0) is 20.9 Å². The lowest BCUT2D eigenvalue weighted by atomic mass is 9.95. The van der Waals surface area contributed by atoms with Crippen molar-refractivity contribution in [1.82, 2.24) is 4.90 Å². The van der Waals surface area contributed by atoms with E-state index in [1.165, 1.54) is 21.9 Å². The van der Waals surface area contributed by atoms with Gasteiger partial charge in [-0.3, -0.25) is 14.5 Å². The summed E-state index contributed by atoms with van der Waals surface area (Å²) in [5, 5.41) is 9.03. The Morgan fingerprint density at radius 3 is 2.71 bits per heavy atom. The zero-order chi connectivity index (χ0) is 22.3. The first-order valence-electron chi connectivity index (χ1n) is 9.92. The van der Waals surface area contributed by atoms with E-state index in [1.807, 2.05) is 6.07 Å². The molecule has 0 aromatic heterocycles. The number of hydrogen-bond acceptors (Lipinski definition) is 5. The van der Waals surface area contributed by atoms with Crippen molar-refractivity contribution in [3.05, 3.63) is 65.0 Å². The number of amides is 2. The number of nitriles is 1. The predicted octanol–water partition coefficient (Wildman–Crippen LogP) is 3.13. The van der Waals surface area contributed by atoms with Crippen LogP contribution in [0.1, 0.15) is 48.2 Å². The number of esters is 1. The zero-order valence-corrected chi connectivity index (χ0v) is 17.1. The highest BCUT2D eigenvalue weighted by molar-refractivity contribution is 6.15. The maximum Gasteiger partial charge on any atom is 0.354 e. The number of nitrogens with zero attached hydrogens (tertiary/aromatic N) is 3. The number of fused-ring (bicyclic) bond motifs is 3. The van der Waals surface area contributed by atoms with Gasteiger partial charge in [0.2, 0.25) is 11.6 Å². The lowest BCUT2D eigenvalue weighted by Gasteiger charge is -2.50. The molecule has 2 aliphatic heterocycles. The minimum Gasteiger partial charge on any atom is -0.458 e. The molecule has 158 valence electrons. The standard InChI is InChI=1S/C23H20FN3O4/c1-14(2)26-21(29)17-5-3-4-6-19(17)27-20(28)9-10-23(26,27)22(30)31-13-16-11-15(12-25)7-8-18(16)24/h3-8,11,14H,9-10,13H2,1-2H3. The molecule has 1 atom stereocenters. The normalized spacial score (nSPS) is 19.8. The van der Waals surface area contributed by atoms with E-state index in [-0.39, 0.29) is 35.8 Å². The minimum absolute atomic E-state index is 0.0401. The van der Waals surface area contributed by atoms with Crippen molar-refractivity contribution in [3.63, 3.8) is 0 Å². The van der Waals surface area contributed by atoms with Crippen LogP contribution in [0.4, 0.5) is 10.1 Å². The van der Waals surface area contributed by atoms with Gasteiger partial charge in [0.25, 0.3) is 5.91 Å². The molecule has 0 bridgehead atoms. The summed E-state index contributed by atoms with van der Waals surface area (Å²) in [5.41, 5.74) is -0.670. The van der Waals surface area contributed by atoms with E-state index >= 15 is 0 Å². The SMILES string of the molecule is CC(C)N1C(=O)c2ccccc2N2C(=O)CCC21C(=O)OCc1cc(C#N)ccc1F. The molecule has 2 amide bonds. The Balaban J connectivity index is 1.75. The van der Waals surface area contributed by atoms with Crippen molar-refractivity contribution in [2.45, 2.75) is 45.0 Å². The topological polar surface area (TPSA) is 90.7 Å². The fourth-order valence-corrected chi connectivity index (χ4v) is 4.39. The van der Waals surface area contributed by atoms with E-state index in [2.05, 4.69) is 0 Å². The van der Waals surface area contributed by atoms with Crippen LogP contribution >= 0.6 is 0 Å². The van der Waals surface area contributed by atoms with Crippen molar-refractivity contribution >= 4 is 23.5 Å². The number of carbonyl (C=O) groups is 3. The lowest BCUT2D eigenvalue weighted by molar-refractivity contribution is -0.159. The maximum atomic E-state index is 14.2. The number of halogens is 1. The molecular formula is C23H20FN3O4. The van der Waals surface area contributed by atoms with Gasteiger partial charge in [0.05, 0.1) is 22.9 Å². The molecule has 0 saturated carbocycles. The lowest BCUT2D eigenvalue weighted by Crippen LogP contribution is -2.70. The quantitative estimate of drug-likeness (QED) is 0.708. The van der Waals surface area contributed by atoms with Crippen LogP contribution in [-0.4, -0.2) is 34.4 Å². The van der Waals surface area contributed by atoms with E-state index in [1.54, 1.807) is 38.1 Å². The van der Waals surface area contributed by atoms with Crippen molar-refractivity contribution < 1.29 is 23.5 Å². The third-order valence-electron chi connectivity index (χ3n) is 5.68. The minimum atomic E-state index is -1.64. The fourth-order valence-electron chi connectivity index (χ4n) is 4.39. The molecule has 0 radical (unpaired) electrons. The van der Waals surface area contributed by atoms with Gasteiger partial charge in [-0.15, -0.1) is 0 Å². The first-order valence-corrected chi connectivity index (χ1v) is 9.92. The number of carbonyl (C=O) groups excluding carboxylic acids is 3. The number of para-hydroxylation sites is 1. The highest BCUT2D eigenvalue weighted by atomic mass is 19.1. The first kappa shape index (κ1) is 20.5. The van der Waals surface area contributed by atoms with Crippen LogP contribution < -0.4 is 4.90 Å². The Morgan fingerprint density at radius 1 is 1.26 bits per heavy atom. The Morgan fingerprint density at radius 2 is 2.00 bits per heavy atom. The summed E-state index contributed by atoms with van der Waals surface area (Å²) >= 11 is 0. The summed E-state index contributed by atoms with van der Waals surface area (Å²) in [4.78, 5) is 42.3. The predicted molar refractivity (Wildman–Crippen MR) is 108 cm³/mol. The van der Waals surface area contributed by atoms with Crippen LogP contribution in [0.5, 0.6) is 0 Å². The van der Waals surface area contributed by atoms with Gasteiger partial charge in [-0.2, -0.15) is 5.26 Å². The van der Waals surface area contributed by atoms with Gasteiger partial charge in [0.15, 0.2) is 0 Å². The highest BCUT2D eigenvalue weighted by Crippen LogP contribution is 2.46. The van der Waals surface area contributed by atoms with Crippen molar-refractivity contribution in [3.8, 4) is 6.07 Å². The number of benzene rings is 2. The molecule has 2 aromatic carbocycles. The van der Waals surface area contributed by atoms with Crippen molar-refractivity contribution in [2.75, 3.05) is 4.90 Å². The Kier molecular flexibility index (Phi) is 4.97. The van der Waals surface area contributed by atoms with Crippen LogP contribution in [0.25, 0.3) is 0 Å². The van der Waals surface area contributed by atoms with Gasteiger partial charge in [-0.1, -0.05) is 12.1 Å². The molecule has 1 unspecified atom stereocenters. The van der Waals surface area contributed by atoms with E-state index in [0.717, 1.165) is 6.07 Å². The number of ether oxygens (including phenoxy) is 1. The van der Waals surface area contributed by atoms with Gasteiger partial charge < -0.3 is 9.64 Å². The smallest absolute Gasteiger partial charge is 0.354 e. The molecule has 1 saturated heterocycles. The first-order chi connectivity index (χ1) is 14.8. The summed E-state index contributed by atoms with van der Waals surface area (Å²) in [6.07, 6.45) is 0.141. The summed E-state index contributed by atoms with van der Waals surface area (Å²) < 4.78 is 19.6. The van der Waals surface area contributed by atoms with Gasteiger partial charge >= 0.3 is 5.97 Å². The summed E-state index contributed by atoms with van der Waals surface area (Å²) in [7, 11) is 0. The molecule has 8 heteroatoms. The van der Waals surface area contributed by atoms with Gasteiger partial charge in [0.1, 0.15) is 12.4 Å². The second kappa shape index (κ2) is 7.51. The van der Waals surface area contributed by atoms with Crippen LogP contribution in [0.2, 0.25) is 0 Å². The zero-order valence-electron chi connectivity index (χ0n) is 17.1. The molecule has 2 aliphatic rings.